The molecular weight excluding hydrogens is 230 g/mol. The van der Waals surface area contributed by atoms with Crippen LogP contribution >= 0.6 is 0 Å². The fourth-order valence-electron chi connectivity index (χ4n) is 2.65. The Bertz CT molecular complexity index is 416. The Kier molecular flexibility index (Phi) is 4.12. The molecule has 1 heterocycles. The van der Waals surface area contributed by atoms with Crippen LogP contribution in [0.5, 0.6) is 0 Å². The van der Waals surface area contributed by atoms with Gasteiger partial charge in [0.05, 0.1) is 0 Å². The third-order valence-corrected chi connectivity index (χ3v) is 3.70. The molecule has 1 aromatic rings. The van der Waals surface area contributed by atoms with Crippen LogP contribution < -0.4 is 5.32 Å². The highest BCUT2D eigenvalue weighted by molar-refractivity contribution is 5.57. The lowest BCUT2D eigenvalue weighted by Gasteiger charge is -2.28. The molecule has 5 heteroatoms. The molecule has 1 saturated carbocycles. The molecule has 0 saturated heterocycles. The Morgan fingerprint density at radius 1 is 1.44 bits per heavy atom. The molecule has 1 aromatic heterocycles. The van der Waals surface area contributed by atoms with Crippen LogP contribution in [0.3, 0.4) is 0 Å². The number of hydrogen-bond acceptors (Lipinski definition) is 4. The first-order valence-corrected chi connectivity index (χ1v) is 6.54. The summed E-state index contributed by atoms with van der Waals surface area (Å²) in [7, 11) is 0. The first-order chi connectivity index (χ1) is 8.68. The Balaban J connectivity index is 2.06. The Morgan fingerprint density at radius 3 is 2.83 bits per heavy atom. The number of anilines is 1. The zero-order chi connectivity index (χ0) is 13.0. The minimum absolute atomic E-state index is 0.0832. The van der Waals surface area contributed by atoms with Gasteiger partial charge in [-0.15, -0.1) is 0 Å². The van der Waals surface area contributed by atoms with Gasteiger partial charge in [-0.05, 0) is 47.7 Å². The van der Waals surface area contributed by atoms with Crippen molar-refractivity contribution in [3.8, 4) is 0 Å². The number of aromatic nitrogens is 1. The van der Waals surface area contributed by atoms with Gasteiger partial charge in [-0.2, -0.15) is 0 Å². The van der Waals surface area contributed by atoms with E-state index in [4.69, 9.17) is 0 Å². The molecule has 1 N–H and O–H groups in total. The third-order valence-electron chi connectivity index (χ3n) is 3.70. The molecule has 0 radical (unpaired) electrons. The molecule has 18 heavy (non-hydrogen) atoms. The summed E-state index contributed by atoms with van der Waals surface area (Å²) in [4.78, 5) is 14.3. The number of pyridine rings is 1. The minimum Gasteiger partial charge on any atom is -0.375 e. The van der Waals surface area contributed by atoms with E-state index in [1.54, 1.807) is 12.1 Å². The molecule has 1 aliphatic carbocycles. The quantitative estimate of drug-likeness (QED) is 0.656. The lowest BCUT2D eigenvalue weighted by atomic mass is 9.84. The Hall–Kier alpha value is -1.65. The predicted molar refractivity (Wildman–Crippen MR) is 70.6 cm³/mol. The number of hydrogen-bond donors (Lipinski definition) is 1. The molecule has 2 rings (SSSR count). The first-order valence-electron chi connectivity index (χ1n) is 6.54. The summed E-state index contributed by atoms with van der Waals surface area (Å²) >= 11 is 0. The van der Waals surface area contributed by atoms with Gasteiger partial charge in [-0.3, -0.25) is 0 Å². The van der Waals surface area contributed by atoms with Gasteiger partial charge in [0.15, 0.2) is 0 Å². The second kappa shape index (κ2) is 5.80. The van der Waals surface area contributed by atoms with Crippen molar-refractivity contribution in [1.82, 2.24) is 4.98 Å². The SMILES string of the molecule is CC(Nc1cccnc1[N+](=O)[O-])C1CCCCC1. The summed E-state index contributed by atoms with van der Waals surface area (Å²) in [5.41, 5.74) is 0.528. The topological polar surface area (TPSA) is 68.1 Å². The number of nitrogens with zero attached hydrogens (tertiary/aromatic N) is 2. The van der Waals surface area contributed by atoms with Gasteiger partial charge in [0.1, 0.15) is 11.9 Å². The minimum atomic E-state index is -0.435. The maximum atomic E-state index is 10.9. The first kappa shape index (κ1) is 12.8. The molecule has 98 valence electrons. The van der Waals surface area contributed by atoms with Crippen LogP contribution in [0, 0.1) is 16.0 Å². The molecule has 0 aromatic carbocycles. The van der Waals surface area contributed by atoms with Gasteiger partial charge >= 0.3 is 5.82 Å². The van der Waals surface area contributed by atoms with Crippen molar-refractivity contribution in [3.63, 3.8) is 0 Å². The monoisotopic (exact) mass is 249 g/mol. The third kappa shape index (κ3) is 2.97. The maximum Gasteiger partial charge on any atom is 0.386 e. The van der Waals surface area contributed by atoms with Crippen molar-refractivity contribution < 1.29 is 4.92 Å². The van der Waals surface area contributed by atoms with Gasteiger partial charge in [0, 0.05) is 6.04 Å². The molecular formula is C13H19N3O2. The van der Waals surface area contributed by atoms with E-state index in [1.807, 2.05) is 0 Å². The number of nitro groups is 1. The predicted octanol–water partition coefficient (Wildman–Crippen LogP) is 3.37. The van der Waals surface area contributed by atoms with E-state index in [0.29, 0.717) is 11.6 Å². The summed E-state index contributed by atoms with van der Waals surface area (Å²) in [6.45, 7) is 2.10. The lowest BCUT2D eigenvalue weighted by molar-refractivity contribution is -0.388. The second-order valence-corrected chi connectivity index (χ2v) is 4.96. The highest BCUT2D eigenvalue weighted by Crippen LogP contribution is 2.29. The smallest absolute Gasteiger partial charge is 0.375 e. The van der Waals surface area contributed by atoms with Crippen LogP contribution in [0.25, 0.3) is 0 Å². The van der Waals surface area contributed by atoms with Crippen LogP contribution in [-0.4, -0.2) is 15.9 Å². The Morgan fingerprint density at radius 2 is 2.17 bits per heavy atom. The van der Waals surface area contributed by atoms with Crippen LogP contribution in [0.4, 0.5) is 11.5 Å². The van der Waals surface area contributed by atoms with Crippen LogP contribution in [0.1, 0.15) is 39.0 Å². The van der Waals surface area contributed by atoms with Crippen molar-refractivity contribution in [2.45, 2.75) is 45.1 Å². The normalized spacial score (nSPS) is 18.3. The summed E-state index contributed by atoms with van der Waals surface area (Å²) in [5.74, 6) is 0.527. The number of nitrogens with one attached hydrogen (secondary N) is 1. The summed E-state index contributed by atoms with van der Waals surface area (Å²) < 4.78 is 0. The lowest BCUT2D eigenvalue weighted by Crippen LogP contribution is -2.28. The molecule has 5 nitrogen and oxygen atoms in total. The van der Waals surface area contributed by atoms with Crippen molar-refractivity contribution in [2.24, 2.45) is 5.92 Å². The van der Waals surface area contributed by atoms with Crippen molar-refractivity contribution in [3.05, 3.63) is 28.4 Å². The number of rotatable bonds is 4. The van der Waals surface area contributed by atoms with E-state index < -0.39 is 4.92 Å². The van der Waals surface area contributed by atoms with E-state index in [-0.39, 0.29) is 11.9 Å². The van der Waals surface area contributed by atoms with E-state index in [2.05, 4.69) is 17.2 Å². The fraction of sp³-hybridized carbons (Fsp3) is 0.615. The van der Waals surface area contributed by atoms with Gasteiger partial charge in [-0.1, -0.05) is 19.3 Å². The van der Waals surface area contributed by atoms with Gasteiger partial charge < -0.3 is 15.4 Å². The standard InChI is InChI=1S/C13H19N3O2/c1-10(11-6-3-2-4-7-11)15-12-8-5-9-14-13(12)16(17)18/h5,8-11,15H,2-4,6-7H2,1H3. The van der Waals surface area contributed by atoms with Crippen molar-refractivity contribution >= 4 is 11.5 Å². The molecule has 0 aliphatic heterocycles. The average molecular weight is 249 g/mol. The summed E-state index contributed by atoms with van der Waals surface area (Å²) in [6.07, 6.45) is 7.73. The Labute approximate surface area is 107 Å². The second-order valence-electron chi connectivity index (χ2n) is 4.96. The van der Waals surface area contributed by atoms with Crippen molar-refractivity contribution in [1.29, 1.82) is 0 Å². The molecule has 1 fully saturated rings. The van der Waals surface area contributed by atoms with E-state index >= 15 is 0 Å². The van der Waals surface area contributed by atoms with Gasteiger partial charge in [-0.25, -0.2) is 0 Å². The molecule has 1 aliphatic rings. The van der Waals surface area contributed by atoms with Crippen LogP contribution in [0.15, 0.2) is 18.3 Å². The zero-order valence-corrected chi connectivity index (χ0v) is 10.6. The molecule has 0 amide bonds. The van der Waals surface area contributed by atoms with E-state index in [1.165, 1.54) is 38.3 Å². The fourth-order valence-corrected chi connectivity index (χ4v) is 2.65. The summed E-state index contributed by atoms with van der Waals surface area (Å²) in [5, 5.41) is 14.1. The van der Waals surface area contributed by atoms with E-state index in [9.17, 15) is 10.1 Å². The maximum absolute atomic E-state index is 10.9. The molecule has 1 unspecified atom stereocenters. The van der Waals surface area contributed by atoms with Gasteiger partial charge in [0.25, 0.3) is 0 Å². The average Bonchev–Trinajstić information content (AvgIpc) is 2.40. The largest absolute Gasteiger partial charge is 0.386 e. The highest BCUT2D eigenvalue weighted by Gasteiger charge is 2.22. The van der Waals surface area contributed by atoms with Crippen LogP contribution in [-0.2, 0) is 0 Å². The zero-order valence-electron chi connectivity index (χ0n) is 10.6. The molecule has 0 spiro atoms. The van der Waals surface area contributed by atoms with Gasteiger partial charge in [0.2, 0.25) is 0 Å². The van der Waals surface area contributed by atoms with Crippen LogP contribution in [0.2, 0.25) is 0 Å². The van der Waals surface area contributed by atoms with Crippen molar-refractivity contribution in [2.75, 3.05) is 5.32 Å². The van der Waals surface area contributed by atoms with E-state index in [0.717, 1.165) is 0 Å². The molecule has 1 atom stereocenters. The highest BCUT2D eigenvalue weighted by atomic mass is 16.6. The molecule has 0 bridgehead atoms. The summed E-state index contributed by atoms with van der Waals surface area (Å²) in [6, 6.07) is 3.71.